The molecule has 1 aromatic rings. The molecule has 0 unspecified atom stereocenters. The topological polar surface area (TPSA) is 84.4 Å². The minimum Gasteiger partial charge on any atom is -0.464 e. The van der Waals surface area contributed by atoms with Crippen LogP contribution in [0.1, 0.15) is 24.3 Å². The van der Waals surface area contributed by atoms with Gasteiger partial charge in [0.15, 0.2) is 5.69 Å². The number of methoxy groups -OCH3 is 1. The van der Waals surface area contributed by atoms with Crippen LogP contribution in [0.15, 0.2) is 12.4 Å². The maximum atomic E-state index is 11.7. The number of hydrogen-bond acceptors (Lipinski definition) is 6. The molecule has 0 spiro atoms. The maximum Gasteiger partial charge on any atom is 0.358 e. The number of esters is 1. The number of aromatic nitrogens is 2. The van der Waals surface area contributed by atoms with Crippen LogP contribution in [-0.4, -0.2) is 49.1 Å². The van der Waals surface area contributed by atoms with Crippen molar-refractivity contribution in [3.63, 3.8) is 0 Å². The Morgan fingerprint density at radius 3 is 2.55 bits per heavy atom. The van der Waals surface area contributed by atoms with E-state index < -0.39 is 5.97 Å². The highest BCUT2D eigenvalue weighted by Gasteiger charge is 2.11. The third-order valence-electron chi connectivity index (χ3n) is 2.51. The first-order chi connectivity index (χ1) is 9.43. The van der Waals surface area contributed by atoms with Gasteiger partial charge in [-0.3, -0.25) is 4.79 Å². The van der Waals surface area contributed by atoms with Gasteiger partial charge in [0.25, 0.3) is 0 Å². The van der Waals surface area contributed by atoms with E-state index in [9.17, 15) is 9.59 Å². The second-order valence-corrected chi connectivity index (χ2v) is 4.81. The molecule has 0 saturated heterocycles. The molecule has 0 aliphatic heterocycles. The average Bonchev–Trinajstić information content (AvgIpc) is 2.44. The molecule has 0 saturated carbocycles. The molecule has 1 N–H and O–H groups in total. The SMILES string of the molecule is COC(=O)c1cnc(N(C)CC(=O)NCC(C)C)cn1. The monoisotopic (exact) mass is 280 g/mol. The van der Waals surface area contributed by atoms with Crippen LogP contribution in [0.4, 0.5) is 5.82 Å². The number of nitrogens with zero attached hydrogens (tertiary/aromatic N) is 3. The number of likely N-dealkylation sites (N-methyl/N-ethyl adjacent to an activating group) is 1. The summed E-state index contributed by atoms with van der Waals surface area (Å²) in [4.78, 5) is 32.6. The molecule has 0 atom stereocenters. The van der Waals surface area contributed by atoms with E-state index in [1.807, 2.05) is 13.8 Å². The fourth-order valence-corrected chi connectivity index (χ4v) is 1.40. The van der Waals surface area contributed by atoms with E-state index >= 15 is 0 Å². The van der Waals surface area contributed by atoms with Crippen LogP contribution < -0.4 is 10.2 Å². The second kappa shape index (κ2) is 7.42. The van der Waals surface area contributed by atoms with E-state index in [-0.39, 0.29) is 18.1 Å². The highest BCUT2D eigenvalue weighted by molar-refractivity contribution is 5.86. The lowest BCUT2D eigenvalue weighted by molar-refractivity contribution is -0.119. The first kappa shape index (κ1) is 15.9. The summed E-state index contributed by atoms with van der Waals surface area (Å²) in [6.45, 7) is 4.88. The molecule has 20 heavy (non-hydrogen) atoms. The summed E-state index contributed by atoms with van der Waals surface area (Å²) in [6, 6.07) is 0. The Labute approximate surface area is 118 Å². The van der Waals surface area contributed by atoms with Gasteiger partial charge in [-0.2, -0.15) is 0 Å². The van der Waals surface area contributed by atoms with Crippen LogP contribution in [0.2, 0.25) is 0 Å². The number of hydrogen-bond donors (Lipinski definition) is 1. The Morgan fingerprint density at radius 2 is 2.05 bits per heavy atom. The van der Waals surface area contributed by atoms with Gasteiger partial charge in [-0.15, -0.1) is 0 Å². The lowest BCUT2D eigenvalue weighted by atomic mass is 10.2. The van der Waals surface area contributed by atoms with Gasteiger partial charge in [0.2, 0.25) is 5.91 Å². The Morgan fingerprint density at radius 1 is 1.35 bits per heavy atom. The Balaban J connectivity index is 2.57. The van der Waals surface area contributed by atoms with Gasteiger partial charge in [0.1, 0.15) is 5.82 Å². The summed E-state index contributed by atoms with van der Waals surface area (Å²) in [6.07, 6.45) is 2.76. The van der Waals surface area contributed by atoms with Crippen molar-refractivity contribution in [1.82, 2.24) is 15.3 Å². The molecular weight excluding hydrogens is 260 g/mol. The lowest BCUT2D eigenvalue weighted by Gasteiger charge is -2.17. The minimum atomic E-state index is -0.540. The molecule has 0 fully saturated rings. The van der Waals surface area contributed by atoms with E-state index in [4.69, 9.17) is 0 Å². The van der Waals surface area contributed by atoms with Gasteiger partial charge in [0, 0.05) is 13.6 Å². The smallest absolute Gasteiger partial charge is 0.358 e. The van der Waals surface area contributed by atoms with Crippen LogP contribution >= 0.6 is 0 Å². The van der Waals surface area contributed by atoms with Crippen molar-refractivity contribution in [3.8, 4) is 0 Å². The Bertz CT molecular complexity index is 459. The van der Waals surface area contributed by atoms with Crippen molar-refractivity contribution in [3.05, 3.63) is 18.1 Å². The van der Waals surface area contributed by atoms with E-state index in [0.717, 1.165) is 0 Å². The van der Waals surface area contributed by atoms with Crippen molar-refractivity contribution in [2.45, 2.75) is 13.8 Å². The molecule has 110 valence electrons. The van der Waals surface area contributed by atoms with Crippen LogP contribution in [0.5, 0.6) is 0 Å². The van der Waals surface area contributed by atoms with E-state index in [2.05, 4.69) is 20.0 Å². The molecule has 7 heteroatoms. The van der Waals surface area contributed by atoms with Crippen LogP contribution in [-0.2, 0) is 9.53 Å². The standard InChI is InChI=1S/C13H20N4O3/c1-9(2)5-16-12(18)8-17(3)11-7-14-10(6-15-11)13(19)20-4/h6-7,9H,5,8H2,1-4H3,(H,16,18). The quantitative estimate of drug-likeness (QED) is 0.763. The molecule has 0 radical (unpaired) electrons. The fraction of sp³-hybridized carbons (Fsp3) is 0.538. The summed E-state index contributed by atoms with van der Waals surface area (Å²) in [7, 11) is 3.01. The second-order valence-electron chi connectivity index (χ2n) is 4.81. The van der Waals surface area contributed by atoms with Gasteiger partial charge in [-0.1, -0.05) is 13.8 Å². The number of amides is 1. The molecule has 1 amide bonds. The van der Waals surface area contributed by atoms with Crippen LogP contribution in [0.25, 0.3) is 0 Å². The van der Waals surface area contributed by atoms with Crippen molar-refractivity contribution in [1.29, 1.82) is 0 Å². The zero-order chi connectivity index (χ0) is 15.1. The molecule has 0 aromatic carbocycles. The van der Waals surface area contributed by atoms with Gasteiger partial charge >= 0.3 is 5.97 Å². The summed E-state index contributed by atoms with van der Waals surface area (Å²) < 4.78 is 4.54. The summed E-state index contributed by atoms with van der Waals surface area (Å²) in [5.74, 6) is 0.294. The lowest BCUT2D eigenvalue weighted by Crippen LogP contribution is -2.37. The van der Waals surface area contributed by atoms with E-state index in [1.165, 1.54) is 19.5 Å². The van der Waals surface area contributed by atoms with E-state index in [1.54, 1.807) is 11.9 Å². The highest BCUT2D eigenvalue weighted by atomic mass is 16.5. The first-order valence-electron chi connectivity index (χ1n) is 6.32. The Kier molecular flexibility index (Phi) is 5.89. The zero-order valence-corrected chi connectivity index (χ0v) is 12.2. The van der Waals surface area contributed by atoms with Gasteiger partial charge in [-0.05, 0) is 5.92 Å². The normalized spacial score (nSPS) is 10.2. The van der Waals surface area contributed by atoms with Crippen molar-refractivity contribution in [2.24, 2.45) is 5.92 Å². The van der Waals surface area contributed by atoms with Gasteiger partial charge < -0.3 is 15.0 Å². The van der Waals surface area contributed by atoms with Crippen LogP contribution in [0.3, 0.4) is 0 Å². The molecule has 1 rings (SSSR count). The third-order valence-corrected chi connectivity index (χ3v) is 2.51. The fourth-order valence-electron chi connectivity index (χ4n) is 1.40. The molecule has 7 nitrogen and oxygen atoms in total. The summed E-state index contributed by atoms with van der Waals surface area (Å²) >= 11 is 0. The molecule has 0 aliphatic carbocycles. The van der Waals surface area contributed by atoms with Crippen molar-refractivity contribution >= 4 is 17.7 Å². The largest absolute Gasteiger partial charge is 0.464 e. The molecule has 0 aliphatic rings. The molecular formula is C13H20N4O3. The molecule has 0 bridgehead atoms. The maximum absolute atomic E-state index is 11.7. The highest BCUT2D eigenvalue weighted by Crippen LogP contribution is 2.06. The number of anilines is 1. The number of carbonyl (C=O) groups excluding carboxylic acids is 2. The van der Waals surface area contributed by atoms with Crippen molar-refractivity contribution < 1.29 is 14.3 Å². The number of rotatable bonds is 6. The predicted octanol–water partition coefficient (Wildman–Crippen LogP) is 0.472. The predicted molar refractivity (Wildman–Crippen MR) is 74.5 cm³/mol. The third kappa shape index (κ3) is 4.83. The zero-order valence-electron chi connectivity index (χ0n) is 12.2. The van der Waals surface area contributed by atoms with Crippen molar-refractivity contribution in [2.75, 3.05) is 32.1 Å². The summed E-state index contributed by atoms with van der Waals surface area (Å²) in [5, 5.41) is 2.82. The number of carbonyl (C=O) groups is 2. The number of ether oxygens (including phenoxy) is 1. The van der Waals surface area contributed by atoms with Gasteiger partial charge in [0.05, 0.1) is 26.0 Å². The van der Waals surface area contributed by atoms with E-state index in [0.29, 0.717) is 18.3 Å². The average molecular weight is 280 g/mol. The number of nitrogens with one attached hydrogen (secondary N) is 1. The first-order valence-corrected chi connectivity index (χ1v) is 6.32. The summed E-state index contributed by atoms with van der Waals surface area (Å²) in [5.41, 5.74) is 0.133. The van der Waals surface area contributed by atoms with Gasteiger partial charge in [-0.25, -0.2) is 14.8 Å². The van der Waals surface area contributed by atoms with Crippen LogP contribution in [0, 0.1) is 5.92 Å². The Hall–Kier alpha value is -2.18. The minimum absolute atomic E-state index is 0.0833. The molecule has 1 aromatic heterocycles. The molecule has 1 heterocycles.